The molecule has 1 N–H and O–H groups in total. The number of nitriles is 1. The van der Waals surface area contributed by atoms with Gasteiger partial charge in [-0.3, -0.25) is 10.2 Å². The Morgan fingerprint density at radius 3 is 2.78 bits per heavy atom. The van der Waals surface area contributed by atoms with Gasteiger partial charge in [0.1, 0.15) is 6.04 Å². The van der Waals surface area contributed by atoms with E-state index in [0.717, 1.165) is 19.6 Å². The molecule has 1 saturated heterocycles. The van der Waals surface area contributed by atoms with E-state index in [1.165, 1.54) is 32.2 Å². The summed E-state index contributed by atoms with van der Waals surface area (Å²) in [6.45, 7) is 6.59. The highest BCUT2D eigenvalue weighted by Gasteiger charge is 2.28. The molecule has 2 atom stereocenters. The quantitative estimate of drug-likeness (QED) is 0.792. The van der Waals surface area contributed by atoms with Crippen molar-refractivity contribution >= 4 is 0 Å². The van der Waals surface area contributed by atoms with Crippen molar-refractivity contribution in [2.45, 2.75) is 50.7 Å². The first-order valence-corrected chi connectivity index (χ1v) is 7.31. The van der Waals surface area contributed by atoms with E-state index in [9.17, 15) is 5.26 Å². The summed E-state index contributed by atoms with van der Waals surface area (Å²) in [7, 11) is 2.20. The fourth-order valence-electron chi connectivity index (χ4n) is 2.82. The van der Waals surface area contributed by atoms with Crippen molar-refractivity contribution < 1.29 is 0 Å². The maximum atomic E-state index is 9.27. The predicted molar refractivity (Wildman–Crippen MR) is 73.3 cm³/mol. The largest absolute Gasteiger partial charge is 0.305 e. The van der Waals surface area contributed by atoms with Crippen molar-refractivity contribution in [2.75, 3.05) is 33.2 Å². The van der Waals surface area contributed by atoms with Crippen LogP contribution in [0.4, 0.5) is 0 Å². The molecule has 2 fully saturated rings. The van der Waals surface area contributed by atoms with Crippen molar-refractivity contribution in [1.82, 2.24) is 15.1 Å². The third-order valence-corrected chi connectivity index (χ3v) is 4.08. The zero-order valence-corrected chi connectivity index (χ0v) is 11.7. The summed E-state index contributed by atoms with van der Waals surface area (Å²) >= 11 is 0. The van der Waals surface area contributed by atoms with Gasteiger partial charge in [0.25, 0.3) is 0 Å². The van der Waals surface area contributed by atoms with E-state index in [2.05, 4.69) is 35.2 Å². The molecule has 1 heterocycles. The first kappa shape index (κ1) is 13.8. The van der Waals surface area contributed by atoms with Crippen molar-refractivity contribution in [3.8, 4) is 6.07 Å². The van der Waals surface area contributed by atoms with E-state index in [0.29, 0.717) is 12.1 Å². The summed E-state index contributed by atoms with van der Waals surface area (Å²) in [6.07, 6.45) is 4.89. The monoisotopic (exact) mass is 250 g/mol. The molecule has 0 aromatic carbocycles. The number of likely N-dealkylation sites (N-methyl/N-ethyl adjacent to an activating group) is 1. The van der Waals surface area contributed by atoms with E-state index in [4.69, 9.17) is 0 Å². The number of hydrogen-bond acceptors (Lipinski definition) is 4. The average Bonchev–Trinajstić information content (AvgIpc) is 3.17. The van der Waals surface area contributed by atoms with Crippen LogP contribution in [-0.4, -0.2) is 61.2 Å². The molecule has 4 heteroatoms. The third kappa shape index (κ3) is 3.94. The molecule has 1 aliphatic heterocycles. The van der Waals surface area contributed by atoms with E-state index in [-0.39, 0.29) is 6.04 Å². The normalized spacial score (nSPS) is 28.6. The van der Waals surface area contributed by atoms with Crippen LogP contribution in [0.1, 0.15) is 32.6 Å². The Kier molecular flexibility index (Phi) is 4.99. The van der Waals surface area contributed by atoms with Gasteiger partial charge in [0.05, 0.1) is 6.07 Å². The Labute approximate surface area is 111 Å². The molecule has 2 unspecified atom stereocenters. The van der Waals surface area contributed by atoms with Gasteiger partial charge in [0.2, 0.25) is 0 Å². The molecule has 2 aliphatic rings. The smallest absolute Gasteiger partial charge is 0.108 e. The van der Waals surface area contributed by atoms with Gasteiger partial charge >= 0.3 is 0 Å². The highest BCUT2D eigenvalue weighted by molar-refractivity contribution is 4.98. The number of nitrogens with one attached hydrogen (secondary N) is 1. The summed E-state index contributed by atoms with van der Waals surface area (Å²) in [5.41, 5.74) is 0. The second-order valence-electron chi connectivity index (χ2n) is 5.80. The zero-order chi connectivity index (χ0) is 13.0. The molecule has 0 spiro atoms. The second kappa shape index (κ2) is 6.51. The fourth-order valence-corrected chi connectivity index (χ4v) is 2.82. The molecule has 1 aliphatic carbocycles. The van der Waals surface area contributed by atoms with E-state index < -0.39 is 0 Å². The minimum Gasteiger partial charge on any atom is -0.305 e. The Bertz CT molecular complexity index is 295. The van der Waals surface area contributed by atoms with Crippen LogP contribution < -0.4 is 5.32 Å². The molecule has 0 radical (unpaired) electrons. The maximum absolute atomic E-state index is 9.27. The van der Waals surface area contributed by atoms with E-state index in [1.807, 2.05) is 0 Å². The molecule has 0 bridgehead atoms. The number of hydrogen-bond donors (Lipinski definition) is 1. The standard InChI is InChI=1S/C14H26N4/c1-3-14-11-17(2)7-4-8-18(14)10-13(9-15)16-12-5-6-12/h12-14,16H,3-8,10-11H2,1-2H3. The molecular weight excluding hydrogens is 224 g/mol. The van der Waals surface area contributed by atoms with Gasteiger partial charge < -0.3 is 4.90 Å². The van der Waals surface area contributed by atoms with Crippen LogP contribution in [0.15, 0.2) is 0 Å². The highest BCUT2D eigenvalue weighted by atomic mass is 15.2. The Hall–Kier alpha value is -0.630. The molecule has 18 heavy (non-hydrogen) atoms. The van der Waals surface area contributed by atoms with Gasteiger partial charge in [-0.15, -0.1) is 0 Å². The van der Waals surface area contributed by atoms with Crippen LogP contribution in [0, 0.1) is 11.3 Å². The summed E-state index contributed by atoms with van der Waals surface area (Å²) in [5.74, 6) is 0. The second-order valence-corrected chi connectivity index (χ2v) is 5.80. The van der Waals surface area contributed by atoms with Gasteiger partial charge in [0.15, 0.2) is 0 Å². The molecule has 4 nitrogen and oxygen atoms in total. The summed E-state index contributed by atoms with van der Waals surface area (Å²) in [5, 5.41) is 12.7. The molecular formula is C14H26N4. The predicted octanol–water partition coefficient (Wildman–Crippen LogP) is 1.05. The van der Waals surface area contributed by atoms with E-state index in [1.54, 1.807) is 0 Å². The summed E-state index contributed by atoms with van der Waals surface area (Å²) in [6, 6.07) is 3.66. The zero-order valence-electron chi connectivity index (χ0n) is 11.7. The Morgan fingerprint density at radius 1 is 1.39 bits per heavy atom. The lowest BCUT2D eigenvalue weighted by Gasteiger charge is -2.31. The van der Waals surface area contributed by atoms with Crippen molar-refractivity contribution in [1.29, 1.82) is 5.26 Å². The Morgan fingerprint density at radius 2 is 2.17 bits per heavy atom. The average molecular weight is 250 g/mol. The molecule has 0 amide bonds. The molecule has 0 aromatic rings. The minimum atomic E-state index is 0.00922. The molecule has 2 rings (SSSR count). The summed E-state index contributed by atoms with van der Waals surface area (Å²) < 4.78 is 0. The number of rotatable bonds is 5. The summed E-state index contributed by atoms with van der Waals surface area (Å²) in [4.78, 5) is 4.94. The topological polar surface area (TPSA) is 42.3 Å². The van der Waals surface area contributed by atoms with Gasteiger partial charge in [-0.2, -0.15) is 5.26 Å². The van der Waals surface area contributed by atoms with Gasteiger partial charge in [-0.05, 0) is 45.8 Å². The minimum absolute atomic E-state index is 0.00922. The molecule has 102 valence electrons. The lowest BCUT2D eigenvalue weighted by molar-refractivity contribution is 0.174. The SMILES string of the molecule is CCC1CN(C)CCCN1CC(C#N)NC1CC1. The van der Waals surface area contributed by atoms with Crippen LogP contribution in [0.3, 0.4) is 0 Å². The first-order chi connectivity index (χ1) is 8.72. The lowest BCUT2D eigenvalue weighted by Crippen LogP contribution is -2.47. The first-order valence-electron chi connectivity index (χ1n) is 7.31. The van der Waals surface area contributed by atoms with Gasteiger partial charge in [-0.1, -0.05) is 6.92 Å². The van der Waals surface area contributed by atoms with E-state index >= 15 is 0 Å². The van der Waals surface area contributed by atoms with Gasteiger partial charge in [-0.25, -0.2) is 0 Å². The molecule has 1 saturated carbocycles. The van der Waals surface area contributed by atoms with Crippen LogP contribution in [0.2, 0.25) is 0 Å². The third-order valence-electron chi connectivity index (χ3n) is 4.08. The number of nitrogens with zero attached hydrogens (tertiary/aromatic N) is 3. The van der Waals surface area contributed by atoms with Crippen molar-refractivity contribution in [2.24, 2.45) is 0 Å². The maximum Gasteiger partial charge on any atom is 0.108 e. The van der Waals surface area contributed by atoms with Crippen LogP contribution in [0.25, 0.3) is 0 Å². The lowest BCUT2D eigenvalue weighted by atomic mass is 10.1. The highest BCUT2D eigenvalue weighted by Crippen LogP contribution is 2.20. The van der Waals surface area contributed by atoms with Crippen molar-refractivity contribution in [3.05, 3.63) is 0 Å². The fraction of sp³-hybridized carbons (Fsp3) is 0.929. The van der Waals surface area contributed by atoms with Crippen LogP contribution in [-0.2, 0) is 0 Å². The van der Waals surface area contributed by atoms with Crippen LogP contribution >= 0.6 is 0 Å². The Balaban J connectivity index is 1.89. The van der Waals surface area contributed by atoms with Gasteiger partial charge in [0, 0.05) is 25.2 Å². The molecule has 0 aromatic heterocycles. The van der Waals surface area contributed by atoms with Crippen molar-refractivity contribution in [3.63, 3.8) is 0 Å². The van der Waals surface area contributed by atoms with Crippen LogP contribution in [0.5, 0.6) is 0 Å².